The highest BCUT2D eigenvalue weighted by molar-refractivity contribution is 6.30. The number of rotatable bonds is 3. The molecule has 2 rings (SSSR count). The molecule has 0 bridgehead atoms. The minimum Gasteiger partial charge on any atom is -0.310 e. The summed E-state index contributed by atoms with van der Waals surface area (Å²) in [5.41, 5.74) is 1.32. The number of benzene rings is 1. The second-order valence-electron chi connectivity index (χ2n) is 4.62. The van der Waals surface area contributed by atoms with E-state index in [2.05, 4.69) is 24.4 Å². The van der Waals surface area contributed by atoms with Crippen LogP contribution in [0.15, 0.2) is 24.3 Å². The van der Waals surface area contributed by atoms with E-state index in [4.69, 9.17) is 11.6 Å². The number of hydrogen-bond acceptors (Lipinski definition) is 1. The summed E-state index contributed by atoms with van der Waals surface area (Å²) in [5, 5.41) is 4.42. The van der Waals surface area contributed by atoms with E-state index in [1.807, 2.05) is 12.1 Å². The fraction of sp³-hybridized carbons (Fsp3) is 0.538. The van der Waals surface area contributed by atoms with Crippen LogP contribution in [0.3, 0.4) is 0 Å². The van der Waals surface area contributed by atoms with Crippen molar-refractivity contribution in [3.8, 4) is 0 Å². The first-order valence-electron chi connectivity index (χ1n) is 5.72. The highest BCUT2D eigenvalue weighted by Gasteiger charge is 2.20. The Morgan fingerprint density at radius 1 is 1.27 bits per heavy atom. The van der Waals surface area contributed by atoms with Gasteiger partial charge in [0.25, 0.3) is 0 Å². The average molecular weight is 224 g/mol. The van der Waals surface area contributed by atoms with E-state index in [9.17, 15) is 0 Å². The molecule has 1 aromatic rings. The van der Waals surface area contributed by atoms with Crippen molar-refractivity contribution in [3.63, 3.8) is 0 Å². The van der Waals surface area contributed by atoms with Gasteiger partial charge >= 0.3 is 0 Å². The monoisotopic (exact) mass is 223 g/mol. The molecule has 15 heavy (non-hydrogen) atoms. The molecule has 1 aliphatic carbocycles. The van der Waals surface area contributed by atoms with Gasteiger partial charge in [-0.3, -0.25) is 0 Å². The predicted molar refractivity (Wildman–Crippen MR) is 65.1 cm³/mol. The molecule has 0 aromatic heterocycles. The van der Waals surface area contributed by atoms with Crippen molar-refractivity contribution < 1.29 is 0 Å². The highest BCUT2D eigenvalue weighted by Crippen LogP contribution is 2.24. The second-order valence-corrected chi connectivity index (χ2v) is 5.06. The molecule has 1 fully saturated rings. The summed E-state index contributed by atoms with van der Waals surface area (Å²) in [6, 6.07) is 8.81. The maximum absolute atomic E-state index is 5.84. The molecule has 1 N–H and O–H groups in total. The highest BCUT2D eigenvalue weighted by atomic mass is 35.5. The molecule has 1 aromatic carbocycles. The van der Waals surface area contributed by atoms with Gasteiger partial charge in [-0.1, -0.05) is 30.7 Å². The number of nitrogens with one attached hydrogen (secondary N) is 1. The third-order valence-electron chi connectivity index (χ3n) is 3.20. The molecule has 82 valence electrons. The molecule has 0 amide bonds. The van der Waals surface area contributed by atoms with Crippen LogP contribution < -0.4 is 5.32 Å². The summed E-state index contributed by atoms with van der Waals surface area (Å²) in [6.07, 6.45) is 4.03. The molecule has 0 saturated heterocycles. The minimum absolute atomic E-state index is 0.718. The van der Waals surface area contributed by atoms with E-state index in [0.29, 0.717) is 0 Å². The van der Waals surface area contributed by atoms with Gasteiger partial charge in [0.2, 0.25) is 0 Å². The van der Waals surface area contributed by atoms with Crippen molar-refractivity contribution in [2.45, 2.75) is 38.8 Å². The van der Waals surface area contributed by atoms with Gasteiger partial charge in [0, 0.05) is 17.6 Å². The van der Waals surface area contributed by atoms with Gasteiger partial charge < -0.3 is 5.32 Å². The first-order valence-corrected chi connectivity index (χ1v) is 6.09. The van der Waals surface area contributed by atoms with E-state index in [0.717, 1.165) is 23.5 Å². The third-order valence-corrected chi connectivity index (χ3v) is 3.45. The van der Waals surface area contributed by atoms with E-state index in [-0.39, 0.29) is 0 Å². The zero-order valence-electron chi connectivity index (χ0n) is 9.17. The van der Waals surface area contributed by atoms with E-state index in [1.54, 1.807) is 0 Å². The van der Waals surface area contributed by atoms with E-state index in [1.165, 1.54) is 24.8 Å². The maximum Gasteiger partial charge on any atom is 0.0406 e. The quantitative estimate of drug-likeness (QED) is 0.826. The smallest absolute Gasteiger partial charge is 0.0406 e. The summed E-state index contributed by atoms with van der Waals surface area (Å²) in [6.45, 7) is 3.30. The van der Waals surface area contributed by atoms with Gasteiger partial charge in [-0.2, -0.15) is 0 Å². The third kappa shape index (κ3) is 3.22. The van der Waals surface area contributed by atoms with Crippen molar-refractivity contribution in [1.29, 1.82) is 0 Å². The van der Waals surface area contributed by atoms with Crippen molar-refractivity contribution in [2.75, 3.05) is 0 Å². The van der Waals surface area contributed by atoms with Gasteiger partial charge in [0.1, 0.15) is 0 Å². The molecule has 1 nitrogen and oxygen atoms in total. The van der Waals surface area contributed by atoms with E-state index < -0.39 is 0 Å². The molecule has 0 spiro atoms. The maximum atomic E-state index is 5.84. The fourth-order valence-electron chi connectivity index (χ4n) is 2.26. The Morgan fingerprint density at radius 3 is 2.60 bits per heavy atom. The first kappa shape index (κ1) is 11.0. The van der Waals surface area contributed by atoms with E-state index >= 15 is 0 Å². The molecule has 1 saturated carbocycles. The Kier molecular flexibility index (Phi) is 3.66. The molecule has 2 heteroatoms. The Balaban J connectivity index is 1.80. The topological polar surface area (TPSA) is 12.0 Å². The lowest BCUT2D eigenvalue weighted by atomic mass is 10.1. The van der Waals surface area contributed by atoms with Gasteiger partial charge in [0.05, 0.1) is 0 Å². The summed E-state index contributed by atoms with van der Waals surface area (Å²) < 4.78 is 0. The fourth-order valence-corrected chi connectivity index (χ4v) is 2.38. The largest absolute Gasteiger partial charge is 0.310 e. The molecule has 0 aliphatic heterocycles. The molecule has 1 aliphatic rings. The Hall–Kier alpha value is -0.530. The number of halogens is 1. The van der Waals surface area contributed by atoms with Crippen LogP contribution in [0.25, 0.3) is 0 Å². The lowest BCUT2D eigenvalue weighted by Gasteiger charge is -2.12. The summed E-state index contributed by atoms with van der Waals surface area (Å²) >= 11 is 5.84. The lowest BCUT2D eigenvalue weighted by molar-refractivity contribution is 0.502. The van der Waals surface area contributed by atoms with Crippen LogP contribution in [-0.2, 0) is 6.54 Å². The van der Waals surface area contributed by atoms with Crippen molar-refractivity contribution in [1.82, 2.24) is 5.32 Å². The second kappa shape index (κ2) is 5.00. The summed E-state index contributed by atoms with van der Waals surface area (Å²) in [5.74, 6) is 0.896. The van der Waals surface area contributed by atoms with Gasteiger partial charge in [0.15, 0.2) is 0 Å². The first-order chi connectivity index (χ1) is 7.24. The Labute approximate surface area is 96.8 Å². The Bertz CT molecular complexity index is 307. The zero-order valence-corrected chi connectivity index (χ0v) is 9.93. The summed E-state index contributed by atoms with van der Waals surface area (Å²) in [7, 11) is 0. The van der Waals surface area contributed by atoms with Crippen LogP contribution in [0, 0.1) is 5.92 Å². The van der Waals surface area contributed by atoms with Gasteiger partial charge in [-0.15, -0.1) is 0 Å². The Morgan fingerprint density at radius 2 is 2.00 bits per heavy atom. The lowest BCUT2D eigenvalue weighted by Crippen LogP contribution is -2.25. The van der Waals surface area contributed by atoms with Crippen molar-refractivity contribution in [2.24, 2.45) is 5.92 Å². The average Bonchev–Trinajstić information content (AvgIpc) is 2.64. The zero-order chi connectivity index (χ0) is 10.7. The molecule has 0 radical (unpaired) electrons. The molecule has 0 heterocycles. The SMILES string of the molecule is C[C@@H]1CC[C@@H](NCc2ccc(Cl)cc2)C1. The predicted octanol–water partition coefficient (Wildman–Crippen LogP) is 3.62. The molecular weight excluding hydrogens is 206 g/mol. The number of hydrogen-bond donors (Lipinski definition) is 1. The van der Waals surface area contributed by atoms with Crippen molar-refractivity contribution >= 4 is 11.6 Å². The summed E-state index contributed by atoms with van der Waals surface area (Å²) in [4.78, 5) is 0. The minimum atomic E-state index is 0.718. The van der Waals surface area contributed by atoms with Crippen LogP contribution in [0.1, 0.15) is 31.7 Å². The van der Waals surface area contributed by atoms with Crippen LogP contribution in [0.2, 0.25) is 5.02 Å². The standard InChI is InChI=1S/C13H18ClN/c1-10-2-7-13(8-10)15-9-11-3-5-12(14)6-4-11/h3-6,10,13,15H,2,7-9H2,1H3/t10-,13-/m1/s1. The van der Waals surface area contributed by atoms with Gasteiger partial charge in [-0.05, 0) is 42.9 Å². The van der Waals surface area contributed by atoms with Crippen molar-refractivity contribution in [3.05, 3.63) is 34.9 Å². The van der Waals surface area contributed by atoms with Crippen LogP contribution >= 0.6 is 11.6 Å². The molecule has 0 unspecified atom stereocenters. The van der Waals surface area contributed by atoms with Gasteiger partial charge in [-0.25, -0.2) is 0 Å². The van der Waals surface area contributed by atoms with Crippen LogP contribution in [0.5, 0.6) is 0 Å². The van der Waals surface area contributed by atoms with Crippen LogP contribution in [0.4, 0.5) is 0 Å². The molecular formula is C13H18ClN. The van der Waals surface area contributed by atoms with Crippen LogP contribution in [-0.4, -0.2) is 6.04 Å². The molecule has 2 atom stereocenters. The normalized spacial score (nSPS) is 25.7.